The van der Waals surface area contributed by atoms with Gasteiger partial charge in [-0.2, -0.15) is 0 Å². The molecular formula is C19H24N6O. The minimum absolute atomic E-state index is 0.0160. The van der Waals surface area contributed by atoms with E-state index in [0.717, 1.165) is 43.0 Å². The van der Waals surface area contributed by atoms with Crippen LogP contribution < -0.4 is 0 Å². The summed E-state index contributed by atoms with van der Waals surface area (Å²) >= 11 is 0. The Kier molecular flexibility index (Phi) is 4.42. The Balaban J connectivity index is 1.84. The first-order valence-corrected chi connectivity index (χ1v) is 8.99. The predicted molar refractivity (Wildman–Crippen MR) is 98.8 cm³/mol. The molecule has 4 rings (SSSR count). The summed E-state index contributed by atoms with van der Waals surface area (Å²) in [5.74, 6) is 0.864. The van der Waals surface area contributed by atoms with Gasteiger partial charge in [0.15, 0.2) is 5.82 Å². The Morgan fingerprint density at radius 3 is 2.69 bits per heavy atom. The number of benzene rings is 1. The van der Waals surface area contributed by atoms with Crippen LogP contribution >= 0.6 is 0 Å². The van der Waals surface area contributed by atoms with Crippen molar-refractivity contribution in [1.29, 1.82) is 0 Å². The molecule has 3 heterocycles. The molecule has 0 amide bonds. The molecule has 0 aliphatic carbocycles. The number of rotatable bonds is 3. The fourth-order valence-electron chi connectivity index (χ4n) is 3.47. The molecule has 136 valence electrons. The number of aromatic nitrogens is 5. The maximum absolute atomic E-state index is 5.56. The molecule has 26 heavy (non-hydrogen) atoms. The van der Waals surface area contributed by atoms with E-state index in [-0.39, 0.29) is 11.6 Å². The molecule has 0 N–H and O–H groups in total. The third-order valence-electron chi connectivity index (χ3n) is 4.73. The third kappa shape index (κ3) is 3.20. The monoisotopic (exact) mass is 352 g/mol. The van der Waals surface area contributed by atoms with E-state index in [4.69, 9.17) is 4.74 Å². The summed E-state index contributed by atoms with van der Waals surface area (Å²) < 4.78 is 7.49. The average Bonchev–Trinajstić information content (AvgIpc) is 3.13. The Labute approximate surface area is 153 Å². The first-order valence-electron chi connectivity index (χ1n) is 8.99. The van der Waals surface area contributed by atoms with Crippen molar-refractivity contribution in [3.8, 4) is 0 Å². The SMILES string of the molecule is CC(C)(C)n1nnnc1C(c1ccc2ncccc2c1)N1CCOCC1. The number of hydrogen-bond acceptors (Lipinski definition) is 6. The number of ether oxygens (including phenoxy) is 1. The molecule has 1 aliphatic rings. The molecule has 2 aromatic heterocycles. The number of pyridine rings is 1. The third-order valence-corrected chi connectivity index (χ3v) is 4.73. The van der Waals surface area contributed by atoms with E-state index in [2.05, 4.69) is 70.4 Å². The van der Waals surface area contributed by atoms with Gasteiger partial charge < -0.3 is 4.74 Å². The lowest BCUT2D eigenvalue weighted by molar-refractivity contribution is 0.0209. The summed E-state index contributed by atoms with van der Waals surface area (Å²) in [4.78, 5) is 6.83. The van der Waals surface area contributed by atoms with Crippen LogP contribution in [0.2, 0.25) is 0 Å². The van der Waals surface area contributed by atoms with Gasteiger partial charge in [0.1, 0.15) is 0 Å². The maximum atomic E-state index is 5.56. The van der Waals surface area contributed by atoms with Gasteiger partial charge in [0.05, 0.1) is 30.3 Å². The fourth-order valence-corrected chi connectivity index (χ4v) is 3.47. The van der Waals surface area contributed by atoms with Crippen molar-refractivity contribution in [3.63, 3.8) is 0 Å². The normalized spacial score (nSPS) is 17.5. The largest absolute Gasteiger partial charge is 0.379 e. The van der Waals surface area contributed by atoms with Crippen LogP contribution in [0.25, 0.3) is 10.9 Å². The molecule has 1 saturated heterocycles. The van der Waals surface area contributed by atoms with Gasteiger partial charge in [0.25, 0.3) is 0 Å². The second kappa shape index (κ2) is 6.74. The minimum atomic E-state index is -0.193. The quantitative estimate of drug-likeness (QED) is 0.721. The maximum Gasteiger partial charge on any atom is 0.173 e. The molecule has 1 aliphatic heterocycles. The van der Waals surface area contributed by atoms with Crippen molar-refractivity contribution in [3.05, 3.63) is 47.9 Å². The van der Waals surface area contributed by atoms with Gasteiger partial charge in [-0.15, -0.1) is 5.10 Å². The highest BCUT2D eigenvalue weighted by Crippen LogP contribution is 2.31. The van der Waals surface area contributed by atoms with Gasteiger partial charge in [-0.3, -0.25) is 9.88 Å². The van der Waals surface area contributed by atoms with Crippen molar-refractivity contribution < 1.29 is 4.74 Å². The molecule has 0 radical (unpaired) electrons. The van der Waals surface area contributed by atoms with Crippen LogP contribution in [-0.4, -0.2) is 56.4 Å². The number of nitrogens with zero attached hydrogens (tertiary/aromatic N) is 6. The van der Waals surface area contributed by atoms with Crippen molar-refractivity contribution in [2.45, 2.75) is 32.4 Å². The van der Waals surface area contributed by atoms with Crippen molar-refractivity contribution in [2.24, 2.45) is 0 Å². The standard InChI is InChI=1S/C19H24N6O/c1-19(2,3)25-18(21-22-23-25)17(24-9-11-26-12-10-24)15-6-7-16-14(13-15)5-4-8-20-16/h4-8,13,17H,9-12H2,1-3H3. The zero-order valence-electron chi connectivity index (χ0n) is 15.5. The van der Waals surface area contributed by atoms with E-state index in [9.17, 15) is 0 Å². The van der Waals surface area contributed by atoms with Gasteiger partial charge in [-0.25, -0.2) is 4.68 Å². The minimum Gasteiger partial charge on any atom is -0.379 e. The molecule has 0 bridgehead atoms. The number of tetrazole rings is 1. The van der Waals surface area contributed by atoms with Gasteiger partial charge in [-0.1, -0.05) is 12.1 Å². The molecule has 1 aromatic carbocycles. The Bertz CT molecular complexity index is 894. The van der Waals surface area contributed by atoms with E-state index < -0.39 is 0 Å². The number of fused-ring (bicyclic) bond motifs is 1. The molecule has 7 nitrogen and oxygen atoms in total. The Morgan fingerprint density at radius 1 is 1.12 bits per heavy atom. The summed E-state index contributed by atoms with van der Waals surface area (Å²) in [5.41, 5.74) is 1.97. The highest BCUT2D eigenvalue weighted by atomic mass is 16.5. The number of morpholine rings is 1. The molecule has 1 unspecified atom stereocenters. The average molecular weight is 352 g/mol. The van der Waals surface area contributed by atoms with E-state index in [0.29, 0.717) is 0 Å². The van der Waals surface area contributed by atoms with Crippen molar-refractivity contribution >= 4 is 10.9 Å². The highest BCUT2D eigenvalue weighted by molar-refractivity contribution is 5.79. The second-order valence-electron chi connectivity index (χ2n) is 7.63. The van der Waals surface area contributed by atoms with Crippen LogP contribution in [0.4, 0.5) is 0 Å². The predicted octanol–water partition coefficient (Wildman–Crippen LogP) is 2.40. The Hall–Kier alpha value is -2.38. The highest BCUT2D eigenvalue weighted by Gasteiger charge is 2.32. The topological polar surface area (TPSA) is 69.0 Å². The summed E-state index contributed by atoms with van der Waals surface area (Å²) in [6, 6.07) is 10.5. The zero-order chi connectivity index (χ0) is 18.1. The van der Waals surface area contributed by atoms with E-state index in [1.807, 2.05) is 16.9 Å². The van der Waals surface area contributed by atoms with Crippen LogP contribution in [0.5, 0.6) is 0 Å². The molecular weight excluding hydrogens is 328 g/mol. The molecule has 0 saturated carbocycles. The zero-order valence-corrected chi connectivity index (χ0v) is 15.5. The van der Waals surface area contributed by atoms with Gasteiger partial charge >= 0.3 is 0 Å². The summed E-state index contributed by atoms with van der Waals surface area (Å²) in [7, 11) is 0. The van der Waals surface area contributed by atoms with Crippen LogP contribution in [0.1, 0.15) is 38.2 Å². The van der Waals surface area contributed by atoms with Gasteiger partial charge in [0, 0.05) is 24.7 Å². The fraction of sp³-hybridized carbons (Fsp3) is 0.474. The molecule has 7 heteroatoms. The van der Waals surface area contributed by atoms with E-state index in [1.165, 1.54) is 5.56 Å². The summed E-state index contributed by atoms with van der Waals surface area (Å²) in [6.45, 7) is 9.51. The van der Waals surface area contributed by atoms with Crippen LogP contribution in [0.15, 0.2) is 36.5 Å². The van der Waals surface area contributed by atoms with Crippen LogP contribution in [0.3, 0.4) is 0 Å². The molecule has 3 aromatic rings. The number of hydrogen-bond donors (Lipinski definition) is 0. The van der Waals surface area contributed by atoms with Gasteiger partial charge in [0.2, 0.25) is 0 Å². The second-order valence-corrected chi connectivity index (χ2v) is 7.63. The lowest BCUT2D eigenvalue weighted by Gasteiger charge is -2.35. The summed E-state index contributed by atoms with van der Waals surface area (Å²) in [5, 5.41) is 13.8. The van der Waals surface area contributed by atoms with Crippen molar-refractivity contribution in [2.75, 3.05) is 26.3 Å². The Morgan fingerprint density at radius 2 is 1.92 bits per heavy atom. The lowest BCUT2D eigenvalue weighted by atomic mass is 10.00. The van der Waals surface area contributed by atoms with Gasteiger partial charge in [-0.05, 0) is 55.0 Å². The molecule has 0 spiro atoms. The first-order chi connectivity index (χ1) is 12.5. The van der Waals surface area contributed by atoms with E-state index >= 15 is 0 Å². The van der Waals surface area contributed by atoms with Crippen LogP contribution in [0, 0.1) is 0 Å². The summed E-state index contributed by atoms with van der Waals surface area (Å²) in [6.07, 6.45) is 1.82. The first kappa shape index (κ1) is 17.1. The lowest BCUT2D eigenvalue weighted by Crippen LogP contribution is -2.41. The smallest absolute Gasteiger partial charge is 0.173 e. The van der Waals surface area contributed by atoms with E-state index in [1.54, 1.807) is 0 Å². The van der Waals surface area contributed by atoms with Crippen molar-refractivity contribution in [1.82, 2.24) is 30.1 Å². The molecule has 1 atom stereocenters. The molecule has 1 fully saturated rings. The van der Waals surface area contributed by atoms with Crippen LogP contribution in [-0.2, 0) is 10.3 Å².